The fourth-order valence-electron chi connectivity index (χ4n) is 3.54. The van der Waals surface area contributed by atoms with Gasteiger partial charge in [-0.1, -0.05) is 23.7 Å². The van der Waals surface area contributed by atoms with Crippen LogP contribution >= 0.6 is 22.9 Å². The summed E-state index contributed by atoms with van der Waals surface area (Å²) in [7, 11) is 2.11. The number of ether oxygens (including phenoxy) is 1. The Bertz CT molecular complexity index is 1010. The normalized spacial score (nSPS) is 18.1. The molecule has 0 aliphatic carbocycles. The van der Waals surface area contributed by atoms with Gasteiger partial charge in [0, 0.05) is 31.1 Å². The lowest BCUT2D eigenvalue weighted by Gasteiger charge is -2.39. The molecule has 2 aliphatic heterocycles. The summed E-state index contributed by atoms with van der Waals surface area (Å²) in [6.45, 7) is 7.20. The number of rotatable bonds is 2. The van der Waals surface area contributed by atoms with Crippen molar-refractivity contribution >= 4 is 46.2 Å². The van der Waals surface area contributed by atoms with Crippen LogP contribution < -0.4 is 14.8 Å². The van der Waals surface area contributed by atoms with E-state index in [-0.39, 0.29) is 0 Å². The minimum Gasteiger partial charge on any atom is -0.429 e. The number of piperazine rings is 1. The van der Waals surface area contributed by atoms with Crippen LogP contribution in [0.2, 0.25) is 0 Å². The summed E-state index contributed by atoms with van der Waals surface area (Å²) in [4.78, 5) is 25.4. The molecule has 1 saturated heterocycles. The highest BCUT2D eigenvalue weighted by molar-refractivity contribution is 7.09. The highest BCUT2D eigenvalue weighted by Crippen LogP contribution is 2.34. The summed E-state index contributed by atoms with van der Waals surface area (Å²) < 4.78 is 6.33. The fraction of sp³-hybridized carbons (Fsp3) is 0.400. The average Bonchev–Trinajstić information content (AvgIpc) is 2.94. The van der Waals surface area contributed by atoms with Crippen molar-refractivity contribution in [1.82, 2.24) is 9.80 Å². The Labute approximate surface area is 173 Å². The van der Waals surface area contributed by atoms with Crippen LogP contribution in [0.5, 0.6) is 0 Å². The van der Waals surface area contributed by atoms with Gasteiger partial charge >= 0.3 is 6.09 Å². The van der Waals surface area contributed by atoms with E-state index in [1.165, 1.54) is 0 Å². The van der Waals surface area contributed by atoms with E-state index < -0.39 is 11.7 Å². The van der Waals surface area contributed by atoms with E-state index in [1.54, 1.807) is 23.2 Å². The Balaban J connectivity index is 1.96. The SMILES string of the molecule is Cc1cc2c(s1)=Nc1ccccc1N(C(=O)OC(C)Cl)C=2N1CCN(C)CC1. The maximum absolute atomic E-state index is 13.2. The van der Waals surface area contributed by atoms with Crippen LogP contribution in [0.25, 0.3) is 5.82 Å². The summed E-state index contributed by atoms with van der Waals surface area (Å²) in [5.41, 5.74) is 0.728. The van der Waals surface area contributed by atoms with Crippen molar-refractivity contribution in [3.05, 3.63) is 45.1 Å². The van der Waals surface area contributed by atoms with Gasteiger partial charge in [-0.05, 0) is 39.1 Å². The lowest BCUT2D eigenvalue weighted by atomic mass is 10.2. The lowest BCUT2D eigenvalue weighted by molar-refractivity contribution is 0.146. The van der Waals surface area contributed by atoms with Gasteiger partial charge in [0.2, 0.25) is 0 Å². The van der Waals surface area contributed by atoms with Gasteiger partial charge in [-0.25, -0.2) is 14.7 Å². The number of hydrogen-bond acceptors (Lipinski definition) is 6. The van der Waals surface area contributed by atoms with E-state index in [9.17, 15) is 4.79 Å². The molecule has 8 heteroatoms. The van der Waals surface area contributed by atoms with Crippen molar-refractivity contribution in [3.63, 3.8) is 0 Å². The first-order valence-electron chi connectivity index (χ1n) is 9.31. The Kier molecular flexibility index (Phi) is 5.31. The van der Waals surface area contributed by atoms with E-state index in [0.29, 0.717) is 5.69 Å². The number of halogens is 1. The van der Waals surface area contributed by atoms with Crippen molar-refractivity contribution in [2.75, 3.05) is 38.1 Å². The number of alkyl halides is 1. The third-order valence-corrected chi connectivity index (χ3v) is 5.92. The Morgan fingerprint density at radius 2 is 1.96 bits per heavy atom. The van der Waals surface area contributed by atoms with Crippen LogP contribution in [0.15, 0.2) is 35.3 Å². The Hall–Kier alpha value is -2.09. The van der Waals surface area contributed by atoms with Crippen molar-refractivity contribution in [3.8, 4) is 0 Å². The zero-order chi connectivity index (χ0) is 19.8. The molecule has 0 saturated carbocycles. The minimum absolute atomic E-state index is 0.490. The van der Waals surface area contributed by atoms with Gasteiger partial charge < -0.3 is 14.5 Å². The van der Waals surface area contributed by atoms with Crippen molar-refractivity contribution < 1.29 is 9.53 Å². The molecule has 1 unspecified atom stereocenters. The topological polar surface area (TPSA) is 48.4 Å². The first-order chi connectivity index (χ1) is 13.4. The van der Waals surface area contributed by atoms with Crippen LogP contribution in [0.4, 0.5) is 16.2 Å². The molecule has 2 aliphatic rings. The van der Waals surface area contributed by atoms with Crippen LogP contribution in [-0.4, -0.2) is 54.7 Å². The molecule has 6 nitrogen and oxygen atoms in total. The molecule has 1 fully saturated rings. The molecule has 0 radical (unpaired) electrons. The number of para-hydroxylation sites is 2. The molecule has 0 N–H and O–H groups in total. The molecule has 1 amide bonds. The predicted octanol–water partition coefficient (Wildman–Crippen LogP) is 2.86. The summed E-state index contributed by atoms with van der Waals surface area (Å²) >= 11 is 7.63. The first kappa shape index (κ1) is 19.2. The molecule has 2 aromatic rings. The summed E-state index contributed by atoms with van der Waals surface area (Å²) in [5, 5.41) is 0.961. The van der Waals surface area contributed by atoms with Crippen LogP contribution in [-0.2, 0) is 4.74 Å². The number of carbonyl (C=O) groups is 1. The number of anilines is 1. The highest BCUT2D eigenvalue weighted by atomic mass is 35.5. The highest BCUT2D eigenvalue weighted by Gasteiger charge is 2.32. The van der Waals surface area contributed by atoms with Gasteiger partial charge in [0.25, 0.3) is 0 Å². The molecule has 0 spiro atoms. The molecule has 4 rings (SSSR count). The van der Waals surface area contributed by atoms with E-state index in [2.05, 4.69) is 29.8 Å². The fourth-order valence-corrected chi connectivity index (χ4v) is 4.51. The van der Waals surface area contributed by atoms with Gasteiger partial charge in [-0.3, -0.25) is 0 Å². The lowest BCUT2D eigenvalue weighted by Crippen LogP contribution is -2.51. The monoisotopic (exact) mass is 418 g/mol. The largest absolute Gasteiger partial charge is 0.429 e. The molecular formula is C20H23ClN4O2S. The van der Waals surface area contributed by atoms with Gasteiger partial charge in [-0.2, -0.15) is 0 Å². The molecule has 0 bridgehead atoms. The Morgan fingerprint density at radius 1 is 1.25 bits per heavy atom. The number of benzene rings is 1. The molecule has 148 valence electrons. The number of hydrogen-bond donors (Lipinski definition) is 0. The first-order valence-corrected chi connectivity index (χ1v) is 10.6. The second kappa shape index (κ2) is 7.73. The van der Waals surface area contributed by atoms with Crippen LogP contribution in [0.3, 0.4) is 0 Å². The smallest absolute Gasteiger partial charge is 0.421 e. The molecule has 1 atom stereocenters. The number of thiophene rings is 1. The van der Waals surface area contributed by atoms with Crippen molar-refractivity contribution in [2.24, 2.45) is 4.99 Å². The van der Waals surface area contributed by atoms with Gasteiger partial charge in [-0.15, -0.1) is 11.3 Å². The van der Waals surface area contributed by atoms with Crippen molar-refractivity contribution in [2.45, 2.75) is 19.4 Å². The zero-order valence-electron chi connectivity index (χ0n) is 16.2. The van der Waals surface area contributed by atoms with Gasteiger partial charge in [0.15, 0.2) is 5.56 Å². The number of carbonyl (C=O) groups excluding carboxylic acids is 1. The third-order valence-electron chi connectivity index (χ3n) is 4.88. The maximum atomic E-state index is 13.2. The summed E-state index contributed by atoms with van der Waals surface area (Å²) in [5.74, 6) is 0.823. The van der Waals surface area contributed by atoms with E-state index in [4.69, 9.17) is 21.3 Å². The minimum atomic E-state index is -0.725. The van der Waals surface area contributed by atoms with Crippen molar-refractivity contribution in [1.29, 1.82) is 0 Å². The van der Waals surface area contributed by atoms with E-state index in [0.717, 1.165) is 52.5 Å². The average molecular weight is 419 g/mol. The zero-order valence-corrected chi connectivity index (χ0v) is 17.8. The molecule has 1 aromatic heterocycles. The number of aryl methyl sites for hydroxylation is 1. The number of likely N-dealkylation sites (N-methyl/N-ethyl adjacent to an activating group) is 1. The molecule has 28 heavy (non-hydrogen) atoms. The second-order valence-corrected chi connectivity index (χ2v) is 8.90. The number of fused-ring (bicyclic) bond motifs is 2. The summed E-state index contributed by atoms with van der Waals surface area (Å²) in [6, 6.07) is 9.76. The third kappa shape index (κ3) is 3.62. The van der Waals surface area contributed by atoms with E-state index in [1.807, 2.05) is 24.3 Å². The van der Waals surface area contributed by atoms with E-state index >= 15 is 0 Å². The van der Waals surface area contributed by atoms with Crippen LogP contribution in [0, 0.1) is 6.92 Å². The standard InChI is InChI=1S/C20H23ClN4O2S/c1-13-12-15-18(28-13)22-16-6-4-5-7-17(16)25(20(26)27-14(2)21)19(15)24-10-8-23(3)9-11-24/h4-7,12,14H,8-11H2,1-3H3. The molecular weight excluding hydrogens is 396 g/mol. The number of amides is 1. The second-order valence-electron chi connectivity index (χ2n) is 7.05. The quantitative estimate of drug-likeness (QED) is 0.703. The molecule has 3 heterocycles. The predicted molar refractivity (Wildman–Crippen MR) is 113 cm³/mol. The summed E-state index contributed by atoms with van der Waals surface area (Å²) in [6.07, 6.45) is -0.490. The van der Waals surface area contributed by atoms with Crippen LogP contribution in [0.1, 0.15) is 11.8 Å². The Morgan fingerprint density at radius 3 is 2.68 bits per heavy atom. The van der Waals surface area contributed by atoms with Gasteiger partial charge in [0.05, 0.1) is 16.6 Å². The van der Waals surface area contributed by atoms with Gasteiger partial charge in [0.1, 0.15) is 10.5 Å². The molecule has 1 aromatic carbocycles. The maximum Gasteiger partial charge on any atom is 0.421 e. The number of nitrogens with zero attached hydrogens (tertiary/aromatic N) is 4.